The third-order valence-corrected chi connectivity index (χ3v) is 8.33. The number of methoxy groups -OCH3 is 1. The zero-order chi connectivity index (χ0) is 35.8. The van der Waals surface area contributed by atoms with Crippen LogP contribution in [0.4, 0.5) is 18.0 Å². The van der Waals surface area contributed by atoms with Crippen molar-refractivity contribution in [3.05, 3.63) is 30.5 Å². The summed E-state index contributed by atoms with van der Waals surface area (Å²) in [5.74, 6) is -2.25. The summed E-state index contributed by atoms with van der Waals surface area (Å²) >= 11 is 0. The minimum atomic E-state index is -4.87. The lowest BCUT2D eigenvalue weighted by atomic mass is 9.85. The number of fused-ring (bicyclic) bond motifs is 1. The van der Waals surface area contributed by atoms with Crippen LogP contribution in [-0.4, -0.2) is 83.1 Å². The smallest absolute Gasteiger partial charge is 0.472 e. The van der Waals surface area contributed by atoms with E-state index in [-0.39, 0.29) is 24.8 Å². The summed E-state index contributed by atoms with van der Waals surface area (Å²) in [4.78, 5) is 59.3. The first kappa shape index (κ1) is 36.5. The number of rotatable bonds is 9. The van der Waals surface area contributed by atoms with Crippen molar-refractivity contribution < 1.29 is 51.3 Å². The molecule has 264 valence electrons. The molecular formula is C33H43F3N4O8. The summed E-state index contributed by atoms with van der Waals surface area (Å²) in [6, 6.07) is 2.96. The first-order chi connectivity index (χ1) is 22.2. The molecule has 2 aromatic rings. The second-order valence-corrected chi connectivity index (χ2v) is 14.2. The van der Waals surface area contributed by atoms with Gasteiger partial charge in [0.1, 0.15) is 35.1 Å². The van der Waals surface area contributed by atoms with E-state index >= 15 is 0 Å². The van der Waals surface area contributed by atoms with Crippen LogP contribution in [0.25, 0.3) is 10.8 Å². The Bertz CT molecular complexity index is 1550. The van der Waals surface area contributed by atoms with Crippen LogP contribution >= 0.6 is 0 Å². The zero-order valence-corrected chi connectivity index (χ0v) is 28.3. The van der Waals surface area contributed by atoms with Crippen LogP contribution in [0.1, 0.15) is 67.7 Å². The number of esters is 1. The Balaban J connectivity index is 1.65. The number of nitrogens with one attached hydrogen (secondary N) is 2. The van der Waals surface area contributed by atoms with Crippen molar-refractivity contribution in [3.8, 4) is 11.6 Å². The molecule has 2 heterocycles. The topological polar surface area (TPSA) is 145 Å². The van der Waals surface area contributed by atoms with Gasteiger partial charge >= 0.3 is 18.4 Å². The molecule has 0 spiro atoms. The summed E-state index contributed by atoms with van der Waals surface area (Å²) in [6.45, 7) is 12.1. The molecule has 48 heavy (non-hydrogen) atoms. The summed E-state index contributed by atoms with van der Waals surface area (Å²) in [5, 5.41) is 6.24. The predicted octanol–water partition coefficient (Wildman–Crippen LogP) is 4.88. The van der Waals surface area contributed by atoms with E-state index in [9.17, 15) is 32.3 Å². The van der Waals surface area contributed by atoms with E-state index in [2.05, 4.69) is 20.4 Å². The fourth-order valence-corrected chi connectivity index (χ4v) is 5.95. The number of carbonyl (C=O) groups excluding carboxylic acids is 4. The summed E-state index contributed by atoms with van der Waals surface area (Å²) < 4.78 is 59.0. The monoisotopic (exact) mass is 680 g/mol. The maximum atomic E-state index is 14.3. The van der Waals surface area contributed by atoms with Crippen LogP contribution in [0.15, 0.2) is 30.5 Å². The van der Waals surface area contributed by atoms with E-state index in [1.54, 1.807) is 41.5 Å². The average Bonchev–Trinajstić information content (AvgIpc) is 3.51. The van der Waals surface area contributed by atoms with Gasteiger partial charge in [-0.25, -0.2) is 14.6 Å². The molecule has 12 nitrogen and oxygen atoms in total. The first-order valence-corrected chi connectivity index (χ1v) is 15.7. The van der Waals surface area contributed by atoms with Gasteiger partial charge in [0, 0.05) is 18.0 Å². The average molecular weight is 681 g/mol. The van der Waals surface area contributed by atoms with Crippen LogP contribution in [-0.2, 0) is 23.9 Å². The third-order valence-electron chi connectivity index (χ3n) is 8.33. The third kappa shape index (κ3) is 8.40. The van der Waals surface area contributed by atoms with Crippen LogP contribution in [0.2, 0.25) is 0 Å². The molecular weight excluding hydrogens is 637 g/mol. The Labute approximate surface area is 277 Å². The SMILES string of the molecule is CC[C@@H]1C[C@]1(NC(=O)[C@@H]1C[C@@H](Oc2nccc3cc(OC(F)(F)F)ccc23)CN1C(=O)[C@@H](NC(=O)OC(C)(C)C)C(C)(C)C)C(=O)OC. The fraction of sp³-hybridized carbons (Fsp3) is 0.606. The van der Waals surface area contributed by atoms with Gasteiger partial charge in [0.15, 0.2) is 0 Å². The Kier molecular flexibility index (Phi) is 10.1. The highest BCUT2D eigenvalue weighted by Gasteiger charge is 2.62. The van der Waals surface area contributed by atoms with Gasteiger partial charge in [-0.1, -0.05) is 34.1 Å². The molecule has 1 saturated heterocycles. The zero-order valence-electron chi connectivity index (χ0n) is 28.3. The van der Waals surface area contributed by atoms with Crippen molar-refractivity contribution in [2.45, 2.75) is 103 Å². The molecule has 1 aromatic heterocycles. The number of alkyl carbamates (subject to hydrolysis) is 1. The number of nitrogens with zero attached hydrogens (tertiary/aromatic N) is 2. The summed E-state index contributed by atoms with van der Waals surface area (Å²) in [7, 11) is 1.24. The number of carbonyl (C=O) groups is 4. The van der Waals surface area contributed by atoms with Crippen molar-refractivity contribution in [3.63, 3.8) is 0 Å². The van der Waals surface area contributed by atoms with E-state index < -0.39 is 70.7 Å². The van der Waals surface area contributed by atoms with Crippen molar-refractivity contribution in [1.29, 1.82) is 0 Å². The molecule has 2 fully saturated rings. The van der Waals surface area contributed by atoms with Crippen molar-refractivity contribution in [1.82, 2.24) is 20.5 Å². The number of hydrogen-bond donors (Lipinski definition) is 2. The lowest BCUT2D eigenvalue weighted by molar-refractivity contribution is -0.274. The van der Waals surface area contributed by atoms with Gasteiger partial charge in [0.25, 0.3) is 0 Å². The van der Waals surface area contributed by atoms with Crippen LogP contribution in [0, 0.1) is 11.3 Å². The molecule has 5 atom stereocenters. The lowest BCUT2D eigenvalue weighted by Crippen LogP contribution is -2.59. The number of benzene rings is 1. The fourth-order valence-electron chi connectivity index (χ4n) is 5.95. The molecule has 1 saturated carbocycles. The van der Waals surface area contributed by atoms with E-state index in [1.807, 2.05) is 6.92 Å². The van der Waals surface area contributed by atoms with E-state index in [0.717, 1.165) is 6.07 Å². The number of aromatic nitrogens is 1. The molecule has 15 heteroatoms. The number of hydrogen-bond acceptors (Lipinski definition) is 9. The largest absolute Gasteiger partial charge is 0.573 e. The van der Waals surface area contributed by atoms with Crippen molar-refractivity contribution in [2.75, 3.05) is 13.7 Å². The Morgan fingerprint density at radius 2 is 1.77 bits per heavy atom. The van der Waals surface area contributed by atoms with Crippen LogP contribution in [0.3, 0.4) is 0 Å². The van der Waals surface area contributed by atoms with Crippen LogP contribution in [0.5, 0.6) is 11.6 Å². The Morgan fingerprint density at radius 3 is 2.33 bits per heavy atom. The van der Waals surface area contributed by atoms with Crippen molar-refractivity contribution >= 4 is 34.6 Å². The molecule has 1 aliphatic carbocycles. The summed E-state index contributed by atoms with van der Waals surface area (Å²) in [5.41, 5.74) is -2.88. The molecule has 2 aliphatic rings. The maximum absolute atomic E-state index is 14.3. The number of likely N-dealkylation sites (tertiary alicyclic amines) is 1. The normalized spacial score (nSPS) is 23.2. The highest BCUT2D eigenvalue weighted by Crippen LogP contribution is 2.47. The minimum Gasteiger partial charge on any atom is -0.472 e. The van der Waals surface area contributed by atoms with Gasteiger partial charge in [-0.3, -0.25) is 9.59 Å². The van der Waals surface area contributed by atoms with E-state index in [4.69, 9.17) is 14.2 Å². The Hall–Kier alpha value is -4.30. The van der Waals surface area contributed by atoms with Crippen molar-refractivity contribution in [2.24, 2.45) is 11.3 Å². The molecule has 2 N–H and O–H groups in total. The second kappa shape index (κ2) is 13.3. The first-order valence-electron chi connectivity index (χ1n) is 15.7. The number of alkyl halides is 3. The standard InChI is InChI=1S/C33H43F3N4O8/c1-9-19-16-32(19,28(43)45-8)39-25(41)23-15-21(17-40(23)27(42)24(30(2,3)4)38-29(44)48-31(5,6)7)46-26-22-11-10-20(47-33(34,35)36)14-18(22)12-13-37-26/h10-14,19,21,23-24H,9,15-17H2,1-8H3,(H,38,44)(H,39,41)/t19-,21-,23+,24-,32-/m1/s1. The maximum Gasteiger partial charge on any atom is 0.573 e. The number of ether oxygens (including phenoxy) is 4. The van der Waals surface area contributed by atoms with Gasteiger partial charge in [0.05, 0.1) is 13.7 Å². The molecule has 4 rings (SSSR count). The predicted molar refractivity (Wildman–Crippen MR) is 167 cm³/mol. The molecule has 0 unspecified atom stereocenters. The van der Waals surface area contributed by atoms with Crippen LogP contribution < -0.4 is 20.1 Å². The Morgan fingerprint density at radius 1 is 1.08 bits per heavy atom. The second-order valence-electron chi connectivity index (χ2n) is 14.2. The number of amides is 3. The van der Waals surface area contributed by atoms with Gasteiger partial charge in [-0.2, -0.15) is 0 Å². The molecule has 0 radical (unpaired) electrons. The highest BCUT2D eigenvalue weighted by molar-refractivity contribution is 5.96. The quantitative estimate of drug-likeness (QED) is 0.354. The molecule has 3 amide bonds. The van der Waals surface area contributed by atoms with E-state index in [0.29, 0.717) is 23.6 Å². The number of pyridine rings is 1. The van der Waals surface area contributed by atoms with E-state index in [1.165, 1.54) is 36.4 Å². The number of halogens is 3. The van der Waals surface area contributed by atoms with Gasteiger partial charge in [0.2, 0.25) is 17.7 Å². The van der Waals surface area contributed by atoms with Gasteiger partial charge in [-0.05, 0) is 68.2 Å². The lowest BCUT2D eigenvalue weighted by Gasteiger charge is -2.36. The molecule has 1 aromatic carbocycles. The minimum absolute atomic E-state index is 0.0117. The molecule has 1 aliphatic heterocycles. The highest BCUT2D eigenvalue weighted by atomic mass is 19.4. The van der Waals surface area contributed by atoms with Gasteiger partial charge < -0.3 is 34.5 Å². The molecule has 0 bridgehead atoms. The summed E-state index contributed by atoms with van der Waals surface area (Å²) in [6.07, 6.45) is -4.14. The van der Waals surface area contributed by atoms with Gasteiger partial charge in [-0.15, -0.1) is 13.2 Å².